The maximum atomic E-state index is 10.5. The molecule has 0 radical (unpaired) electrons. The van der Waals surface area contributed by atoms with Crippen LogP contribution in [0.3, 0.4) is 0 Å². The van der Waals surface area contributed by atoms with Gasteiger partial charge in [-0.25, -0.2) is 0 Å². The van der Waals surface area contributed by atoms with Gasteiger partial charge in [0.15, 0.2) is 5.16 Å². The van der Waals surface area contributed by atoms with Gasteiger partial charge in [0, 0.05) is 24.9 Å². The Labute approximate surface area is 113 Å². The van der Waals surface area contributed by atoms with Crippen LogP contribution >= 0.6 is 11.8 Å². The van der Waals surface area contributed by atoms with Gasteiger partial charge < -0.3 is 9.30 Å². The van der Waals surface area contributed by atoms with E-state index in [0.29, 0.717) is 12.4 Å². The first-order valence-electron chi connectivity index (χ1n) is 5.51. The van der Waals surface area contributed by atoms with Gasteiger partial charge in [0.05, 0.1) is 11.5 Å². The summed E-state index contributed by atoms with van der Waals surface area (Å²) in [6.07, 6.45) is 1.64. The summed E-state index contributed by atoms with van der Waals surface area (Å²) in [7, 11) is 1.87. The number of thioether (sulfide) groups is 1. The number of non-ortho nitro benzene ring substituents is 1. The Hall–Kier alpha value is -2.09. The van der Waals surface area contributed by atoms with E-state index in [4.69, 9.17) is 4.74 Å². The molecule has 0 spiro atoms. The molecule has 0 aliphatic heterocycles. The molecule has 0 aliphatic rings. The van der Waals surface area contributed by atoms with Crippen molar-refractivity contribution >= 4 is 17.4 Å². The Morgan fingerprint density at radius 1 is 1.42 bits per heavy atom. The average molecular weight is 280 g/mol. The number of hydrogen-bond donors (Lipinski definition) is 0. The van der Waals surface area contributed by atoms with Gasteiger partial charge in [0.25, 0.3) is 5.69 Å². The highest BCUT2D eigenvalue weighted by Gasteiger charge is 2.05. The summed E-state index contributed by atoms with van der Waals surface area (Å²) in [4.78, 5) is 10.0. The zero-order valence-electron chi connectivity index (χ0n) is 10.2. The summed E-state index contributed by atoms with van der Waals surface area (Å²) in [6, 6.07) is 6.02. The van der Waals surface area contributed by atoms with Crippen LogP contribution in [0.2, 0.25) is 0 Å². The van der Waals surface area contributed by atoms with Gasteiger partial charge in [0.2, 0.25) is 0 Å². The first kappa shape index (κ1) is 13.3. The Kier molecular flexibility index (Phi) is 4.35. The molecule has 0 aliphatic carbocycles. The molecule has 8 heteroatoms. The molecule has 0 fully saturated rings. The lowest BCUT2D eigenvalue weighted by atomic mass is 10.3. The highest BCUT2D eigenvalue weighted by atomic mass is 32.2. The quantitative estimate of drug-likeness (QED) is 0.348. The van der Waals surface area contributed by atoms with Crippen LogP contribution < -0.4 is 4.74 Å². The molecule has 0 N–H and O–H groups in total. The van der Waals surface area contributed by atoms with E-state index < -0.39 is 4.92 Å². The molecular formula is C11H12N4O3S. The summed E-state index contributed by atoms with van der Waals surface area (Å²) in [5, 5.41) is 19.0. The third-order valence-corrected chi connectivity index (χ3v) is 3.30. The number of rotatable bonds is 6. The predicted octanol–water partition coefficient (Wildman–Crippen LogP) is 1.89. The molecule has 2 aromatic rings. The van der Waals surface area contributed by atoms with E-state index >= 15 is 0 Å². The minimum Gasteiger partial charge on any atom is -0.493 e. The number of aromatic nitrogens is 3. The van der Waals surface area contributed by atoms with Crippen LogP contribution in [0.15, 0.2) is 35.7 Å². The van der Waals surface area contributed by atoms with Crippen molar-refractivity contribution in [1.29, 1.82) is 0 Å². The zero-order chi connectivity index (χ0) is 13.7. The lowest BCUT2D eigenvalue weighted by molar-refractivity contribution is -0.384. The second-order valence-corrected chi connectivity index (χ2v) is 4.73. The largest absolute Gasteiger partial charge is 0.493 e. The Bertz CT molecular complexity index is 555. The summed E-state index contributed by atoms with van der Waals surface area (Å²) in [6.45, 7) is 0.495. The molecule has 1 aromatic heterocycles. The number of hydrogen-bond acceptors (Lipinski definition) is 6. The Morgan fingerprint density at radius 2 is 2.16 bits per heavy atom. The third kappa shape index (κ3) is 3.68. The molecule has 1 heterocycles. The summed E-state index contributed by atoms with van der Waals surface area (Å²) in [5.74, 6) is 1.34. The van der Waals surface area contributed by atoms with Crippen molar-refractivity contribution in [1.82, 2.24) is 14.8 Å². The number of nitrogens with zero attached hydrogens (tertiary/aromatic N) is 4. The van der Waals surface area contributed by atoms with E-state index in [0.717, 1.165) is 10.9 Å². The standard InChI is InChI=1S/C11H12N4O3S/c1-14-8-12-13-11(14)19-7-6-18-10-4-2-9(3-5-10)15(16)17/h2-5,8H,6-7H2,1H3. The van der Waals surface area contributed by atoms with E-state index in [2.05, 4.69) is 10.2 Å². The summed E-state index contributed by atoms with van der Waals surface area (Å²) < 4.78 is 7.31. The highest BCUT2D eigenvalue weighted by molar-refractivity contribution is 7.99. The lowest BCUT2D eigenvalue weighted by Crippen LogP contribution is -2.01. The molecule has 0 unspecified atom stereocenters. The van der Waals surface area contributed by atoms with Crippen LogP contribution in [-0.4, -0.2) is 32.0 Å². The molecule has 0 bridgehead atoms. The van der Waals surface area contributed by atoms with Crippen molar-refractivity contribution in [2.45, 2.75) is 5.16 Å². The van der Waals surface area contributed by atoms with Crippen LogP contribution in [0.4, 0.5) is 5.69 Å². The summed E-state index contributed by atoms with van der Waals surface area (Å²) in [5.41, 5.74) is 0.0563. The van der Waals surface area contributed by atoms with E-state index in [1.165, 1.54) is 23.9 Å². The van der Waals surface area contributed by atoms with Crippen LogP contribution in [0.1, 0.15) is 0 Å². The topological polar surface area (TPSA) is 83.1 Å². The Balaban J connectivity index is 1.76. The molecule has 100 valence electrons. The first-order chi connectivity index (χ1) is 9.16. The first-order valence-corrected chi connectivity index (χ1v) is 6.49. The van der Waals surface area contributed by atoms with Crippen molar-refractivity contribution < 1.29 is 9.66 Å². The molecule has 2 rings (SSSR count). The van der Waals surface area contributed by atoms with Crippen molar-refractivity contribution in [3.05, 3.63) is 40.7 Å². The minimum atomic E-state index is -0.437. The smallest absolute Gasteiger partial charge is 0.269 e. The van der Waals surface area contributed by atoms with Crippen molar-refractivity contribution in [2.24, 2.45) is 7.05 Å². The highest BCUT2D eigenvalue weighted by Crippen LogP contribution is 2.18. The van der Waals surface area contributed by atoms with E-state index in [-0.39, 0.29) is 5.69 Å². The molecular weight excluding hydrogens is 268 g/mol. The predicted molar refractivity (Wildman–Crippen MR) is 70.3 cm³/mol. The van der Waals surface area contributed by atoms with Crippen LogP contribution in [0, 0.1) is 10.1 Å². The molecule has 1 aromatic carbocycles. The van der Waals surface area contributed by atoms with Gasteiger partial charge in [-0.15, -0.1) is 10.2 Å². The molecule has 7 nitrogen and oxygen atoms in total. The number of nitro benzene ring substituents is 1. The van der Waals surface area contributed by atoms with Gasteiger partial charge >= 0.3 is 0 Å². The minimum absolute atomic E-state index is 0.0563. The molecule has 0 saturated heterocycles. The zero-order valence-corrected chi connectivity index (χ0v) is 11.0. The van der Waals surface area contributed by atoms with E-state index in [1.54, 1.807) is 18.5 Å². The molecule has 0 atom stereocenters. The lowest BCUT2D eigenvalue weighted by Gasteiger charge is -2.05. The van der Waals surface area contributed by atoms with E-state index in [1.807, 2.05) is 11.6 Å². The van der Waals surface area contributed by atoms with Gasteiger partial charge in [-0.1, -0.05) is 11.8 Å². The summed E-state index contributed by atoms with van der Waals surface area (Å²) >= 11 is 1.54. The third-order valence-electron chi connectivity index (χ3n) is 2.30. The second kappa shape index (κ2) is 6.19. The van der Waals surface area contributed by atoms with Crippen LogP contribution in [-0.2, 0) is 7.05 Å². The van der Waals surface area contributed by atoms with Crippen LogP contribution in [0.5, 0.6) is 5.75 Å². The van der Waals surface area contributed by atoms with E-state index in [9.17, 15) is 10.1 Å². The van der Waals surface area contributed by atoms with Crippen molar-refractivity contribution in [2.75, 3.05) is 12.4 Å². The second-order valence-electron chi connectivity index (χ2n) is 3.67. The molecule has 0 saturated carbocycles. The van der Waals surface area contributed by atoms with Crippen molar-refractivity contribution in [3.8, 4) is 5.75 Å². The number of ether oxygens (including phenoxy) is 1. The fourth-order valence-electron chi connectivity index (χ4n) is 1.36. The van der Waals surface area contributed by atoms with Gasteiger partial charge in [-0.3, -0.25) is 10.1 Å². The maximum absolute atomic E-state index is 10.5. The van der Waals surface area contributed by atoms with Crippen LogP contribution in [0.25, 0.3) is 0 Å². The monoisotopic (exact) mass is 280 g/mol. The number of nitro groups is 1. The van der Waals surface area contributed by atoms with Gasteiger partial charge in [0.1, 0.15) is 12.1 Å². The Morgan fingerprint density at radius 3 is 2.74 bits per heavy atom. The fourth-order valence-corrected chi connectivity index (χ4v) is 2.06. The number of aryl methyl sites for hydroxylation is 1. The average Bonchev–Trinajstić information content (AvgIpc) is 2.81. The fraction of sp³-hybridized carbons (Fsp3) is 0.273. The molecule has 19 heavy (non-hydrogen) atoms. The van der Waals surface area contributed by atoms with Gasteiger partial charge in [-0.05, 0) is 12.1 Å². The normalized spacial score (nSPS) is 10.4. The SMILES string of the molecule is Cn1cnnc1SCCOc1ccc([N+](=O)[O-])cc1. The van der Waals surface area contributed by atoms with Crippen molar-refractivity contribution in [3.63, 3.8) is 0 Å². The van der Waals surface area contributed by atoms with Gasteiger partial charge in [-0.2, -0.15) is 0 Å². The number of benzene rings is 1. The molecule has 0 amide bonds. The maximum Gasteiger partial charge on any atom is 0.269 e.